The maximum Gasteiger partial charge on any atom is 0.411 e. The first-order valence-corrected chi connectivity index (χ1v) is 11.4. The molecular formula is C18H21ClN2O6S2. The van der Waals surface area contributed by atoms with E-state index in [4.69, 9.17) is 16.3 Å². The number of carbonyl (C=O) groups is 2. The van der Waals surface area contributed by atoms with Gasteiger partial charge in [0.25, 0.3) is 10.0 Å². The van der Waals surface area contributed by atoms with Crippen LogP contribution in [0.5, 0.6) is 0 Å². The number of halogens is 1. The van der Waals surface area contributed by atoms with Gasteiger partial charge in [-0.25, -0.2) is 18.0 Å². The number of rotatable bonds is 3. The molecular weight excluding hydrogens is 440 g/mol. The van der Waals surface area contributed by atoms with Gasteiger partial charge in [-0.2, -0.15) is 4.31 Å². The fraction of sp³-hybridized carbons (Fsp3) is 0.444. The Kier molecular flexibility index (Phi) is 5.83. The van der Waals surface area contributed by atoms with Crippen LogP contribution in [0.3, 0.4) is 0 Å². The van der Waals surface area contributed by atoms with E-state index in [2.05, 4.69) is 0 Å². The minimum Gasteiger partial charge on any atom is -0.480 e. The largest absolute Gasteiger partial charge is 0.480 e. The van der Waals surface area contributed by atoms with Crippen molar-refractivity contribution >= 4 is 55.1 Å². The molecule has 0 aliphatic carbocycles. The van der Waals surface area contributed by atoms with E-state index in [9.17, 15) is 23.1 Å². The number of fused-ring (bicyclic) bond motifs is 1. The Bertz CT molecular complexity index is 1060. The van der Waals surface area contributed by atoms with E-state index < -0.39 is 33.7 Å². The molecule has 1 aromatic heterocycles. The molecule has 1 amide bonds. The molecule has 29 heavy (non-hydrogen) atoms. The molecule has 0 spiro atoms. The van der Waals surface area contributed by atoms with Gasteiger partial charge in [-0.3, -0.25) is 4.90 Å². The average molecular weight is 461 g/mol. The van der Waals surface area contributed by atoms with E-state index in [1.165, 1.54) is 0 Å². The van der Waals surface area contributed by atoms with E-state index in [0.717, 1.165) is 30.6 Å². The van der Waals surface area contributed by atoms with E-state index >= 15 is 0 Å². The van der Waals surface area contributed by atoms with E-state index in [1.807, 2.05) is 0 Å². The Balaban J connectivity index is 1.86. The third kappa shape index (κ3) is 4.66. The monoisotopic (exact) mass is 460 g/mol. The Hall–Kier alpha value is -1.88. The van der Waals surface area contributed by atoms with Crippen molar-refractivity contribution in [1.82, 2.24) is 9.21 Å². The maximum absolute atomic E-state index is 13.1. The van der Waals surface area contributed by atoms with Gasteiger partial charge in [0.2, 0.25) is 0 Å². The molecule has 1 unspecified atom stereocenters. The lowest BCUT2D eigenvalue weighted by atomic mass is 10.2. The van der Waals surface area contributed by atoms with Gasteiger partial charge in [0.1, 0.15) is 15.9 Å². The molecule has 2 aromatic rings. The standard InChI is InChI=1S/C18H21ClN2O6S2/c1-18(2,3)27-17(24)21-7-6-20(10-13(21)16(22)23)29(25,26)15-8-11-4-5-12(19)9-14(11)28-15/h4-5,8-9,13H,6-7,10H2,1-3H3,(H,22,23). The summed E-state index contributed by atoms with van der Waals surface area (Å²) in [4.78, 5) is 25.2. The van der Waals surface area contributed by atoms with E-state index in [-0.39, 0.29) is 23.8 Å². The van der Waals surface area contributed by atoms with Gasteiger partial charge >= 0.3 is 12.1 Å². The van der Waals surface area contributed by atoms with Gasteiger partial charge in [-0.15, -0.1) is 11.3 Å². The summed E-state index contributed by atoms with van der Waals surface area (Å²) in [5.74, 6) is -1.29. The lowest BCUT2D eigenvalue weighted by Crippen LogP contribution is -2.59. The number of amides is 1. The first-order valence-electron chi connectivity index (χ1n) is 8.80. The second-order valence-corrected chi connectivity index (χ2v) is 11.3. The van der Waals surface area contributed by atoms with Crippen molar-refractivity contribution in [3.63, 3.8) is 0 Å². The molecule has 11 heteroatoms. The smallest absolute Gasteiger partial charge is 0.411 e. The molecule has 2 heterocycles. The first-order chi connectivity index (χ1) is 13.4. The number of carboxylic acids is 1. The normalized spacial score (nSPS) is 18.8. The van der Waals surface area contributed by atoms with Crippen LogP contribution >= 0.6 is 22.9 Å². The van der Waals surface area contributed by atoms with Crippen molar-refractivity contribution in [3.05, 3.63) is 29.3 Å². The van der Waals surface area contributed by atoms with Gasteiger partial charge in [-0.1, -0.05) is 17.7 Å². The summed E-state index contributed by atoms with van der Waals surface area (Å²) >= 11 is 7.04. The summed E-state index contributed by atoms with van der Waals surface area (Å²) in [5.41, 5.74) is -0.790. The summed E-state index contributed by atoms with van der Waals surface area (Å²) in [5, 5.41) is 10.8. The van der Waals surface area contributed by atoms with Gasteiger partial charge < -0.3 is 9.84 Å². The third-order valence-electron chi connectivity index (χ3n) is 4.31. The predicted octanol–water partition coefficient (Wildman–Crippen LogP) is 3.25. The second kappa shape index (κ2) is 7.75. The summed E-state index contributed by atoms with van der Waals surface area (Å²) in [6.07, 6.45) is -0.779. The number of piperazine rings is 1. The molecule has 0 radical (unpaired) electrons. The number of benzene rings is 1. The summed E-state index contributed by atoms with van der Waals surface area (Å²) < 4.78 is 33.4. The number of sulfonamides is 1. The van der Waals surface area contributed by atoms with Crippen molar-refractivity contribution in [1.29, 1.82) is 0 Å². The lowest BCUT2D eigenvalue weighted by molar-refractivity contribution is -0.144. The van der Waals surface area contributed by atoms with Crippen LogP contribution in [0.4, 0.5) is 4.79 Å². The summed E-state index contributed by atoms with van der Waals surface area (Å²) in [6.45, 7) is 4.56. The molecule has 158 valence electrons. The molecule has 1 atom stereocenters. The molecule has 1 fully saturated rings. The van der Waals surface area contributed by atoms with Gasteiger partial charge in [0.05, 0.1) is 0 Å². The number of carbonyl (C=O) groups excluding carboxylic acids is 1. The zero-order chi connectivity index (χ0) is 21.6. The van der Waals surface area contributed by atoms with Crippen LogP contribution < -0.4 is 0 Å². The molecule has 1 aliphatic rings. The first kappa shape index (κ1) is 21.8. The van der Waals surface area contributed by atoms with Gasteiger partial charge in [0.15, 0.2) is 0 Å². The molecule has 0 saturated carbocycles. The Labute approximate surface area is 177 Å². The number of ether oxygens (including phenoxy) is 1. The van der Waals surface area contributed by atoms with Crippen LogP contribution in [0.1, 0.15) is 20.8 Å². The fourth-order valence-electron chi connectivity index (χ4n) is 2.96. The fourth-order valence-corrected chi connectivity index (χ4v) is 6.23. The number of aliphatic carboxylic acids is 1. The lowest BCUT2D eigenvalue weighted by Gasteiger charge is -2.38. The van der Waals surface area contributed by atoms with Crippen LogP contribution in [0, 0.1) is 0 Å². The van der Waals surface area contributed by atoms with Crippen molar-refractivity contribution < 1.29 is 27.9 Å². The van der Waals surface area contributed by atoms with E-state index in [0.29, 0.717) is 5.02 Å². The Morgan fingerprint density at radius 1 is 1.24 bits per heavy atom. The number of thiophene rings is 1. The quantitative estimate of drug-likeness (QED) is 0.753. The molecule has 0 bridgehead atoms. The highest BCUT2D eigenvalue weighted by molar-refractivity contribution is 7.91. The van der Waals surface area contributed by atoms with Crippen LogP contribution in [0.25, 0.3) is 10.1 Å². The summed E-state index contributed by atoms with van der Waals surface area (Å²) in [7, 11) is -3.92. The highest BCUT2D eigenvalue weighted by Crippen LogP contribution is 2.33. The second-order valence-electron chi connectivity index (χ2n) is 7.64. The number of hydrogen-bond donors (Lipinski definition) is 1. The SMILES string of the molecule is CC(C)(C)OC(=O)N1CCN(S(=O)(=O)c2cc3ccc(Cl)cc3s2)CC1C(=O)O. The highest BCUT2D eigenvalue weighted by atomic mass is 35.5. The minimum atomic E-state index is -3.92. The number of carboxylic acid groups (broad SMARTS) is 1. The van der Waals surface area contributed by atoms with Crippen molar-refractivity contribution in [2.24, 2.45) is 0 Å². The Morgan fingerprint density at radius 2 is 1.93 bits per heavy atom. The van der Waals surface area contributed by atoms with Gasteiger partial charge in [0, 0.05) is 29.4 Å². The predicted molar refractivity (Wildman–Crippen MR) is 110 cm³/mol. The number of hydrogen-bond acceptors (Lipinski definition) is 6. The molecule has 1 aromatic carbocycles. The zero-order valence-electron chi connectivity index (χ0n) is 16.1. The van der Waals surface area contributed by atoms with Crippen LogP contribution in [0.15, 0.2) is 28.5 Å². The maximum atomic E-state index is 13.1. The topological polar surface area (TPSA) is 104 Å². The summed E-state index contributed by atoms with van der Waals surface area (Å²) in [6, 6.07) is 5.29. The van der Waals surface area contributed by atoms with Crippen LogP contribution in [-0.2, 0) is 19.6 Å². The van der Waals surface area contributed by atoms with Crippen LogP contribution in [0.2, 0.25) is 5.02 Å². The third-order valence-corrected chi connectivity index (χ3v) is 7.96. The minimum absolute atomic E-state index is 0.0274. The van der Waals surface area contributed by atoms with Crippen molar-refractivity contribution in [2.75, 3.05) is 19.6 Å². The van der Waals surface area contributed by atoms with E-state index in [1.54, 1.807) is 45.0 Å². The van der Waals surface area contributed by atoms with Crippen LogP contribution in [-0.4, -0.2) is 66.1 Å². The molecule has 1 saturated heterocycles. The number of nitrogens with zero attached hydrogens (tertiary/aromatic N) is 2. The van der Waals surface area contributed by atoms with Crippen molar-refractivity contribution in [3.8, 4) is 0 Å². The average Bonchev–Trinajstić information content (AvgIpc) is 3.03. The van der Waals surface area contributed by atoms with Crippen molar-refractivity contribution in [2.45, 2.75) is 36.6 Å². The highest BCUT2D eigenvalue weighted by Gasteiger charge is 2.41. The zero-order valence-corrected chi connectivity index (χ0v) is 18.5. The molecule has 8 nitrogen and oxygen atoms in total. The van der Waals surface area contributed by atoms with Gasteiger partial charge in [-0.05, 0) is 44.4 Å². The molecule has 3 rings (SSSR count). The molecule has 1 aliphatic heterocycles. The molecule has 1 N–H and O–H groups in total. The Morgan fingerprint density at radius 3 is 2.55 bits per heavy atom.